The average Bonchev–Trinajstić information content (AvgIpc) is 2.76. The first-order chi connectivity index (χ1) is 14.6. The number of guanidine groups is 1. The summed E-state index contributed by atoms with van der Waals surface area (Å²) in [6.45, 7) is 13.0. The molecular weight excluding hydrogens is 505 g/mol. The number of methoxy groups -OCH3 is 1. The Morgan fingerprint density at radius 1 is 1.19 bits per heavy atom. The molecule has 0 aromatic heterocycles. The van der Waals surface area contributed by atoms with Gasteiger partial charge in [0.15, 0.2) is 5.96 Å². The Bertz CT molecular complexity index is 608. The molecule has 1 unspecified atom stereocenters. The zero-order valence-corrected chi connectivity index (χ0v) is 22.1. The molecule has 2 N–H and O–H groups in total. The van der Waals surface area contributed by atoms with E-state index in [2.05, 4.69) is 65.6 Å². The molecule has 1 fully saturated rings. The summed E-state index contributed by atoms with van der Waals surface area (Å²) in [4.78, 5) is 9.74. The molecule has 1 aromatic rings. The van der Waals surface area contributed by atoms with Crippen LogP contribution in [0.4, 0.5) is 0 Å². The number of benzene rings is 1. The van der Waals surface area contributed by atoms with Crippen molar-refractivity contribution in [3.63, 3.8) is 0 Å². The molecule has 1 aromatic carbocycles. The van der Waals surface area contributed by atoms with E-state index in [4.69, 9.17) is 14.5 Å². The Kier molecular flexibility index (Phi) is 15.1. The third-order valence-corrected chi connectivity index (χ3v) is 5.39. The van der Waals surface area contributed by atoms with Gasteiger partial charge >= 0.3 is 0 Å². The maximum atomic E-state index is 5.56. The maximum absolute atomic E-state index is 5.56. The number of nitrogens with zero attached hydrogens (tertiary/aromatic N) is 3. The van der Waals surface area contributed by atoms with Crippen LogP contribution in [0.3, 0.4) is 0 Å². The van der Waals surface area contributed by atoms with Crippen molar-refractivity contribution >= 4 is 29.9 Å². The smallest absolute Gasteiger partial charge is 0.191 e. The van der Waals surface area contributed by atoms with Gasteiger partial charge in [-0.25, -0.2) is 0 Å². The lowest BCUT2D eigenvalue weighted by Gasteiger charge is -2.34. The van der Waals surface area contributed by atoms with Gasteiger partial charge in [-0.2, -0.15) is 0 Å². The lowest BCUT2D eigenvalue weighted by Crippen LogP contribution is -2.43. The van der Waals surface area contributed by atoms with Crippen LogP contribution < -0.4 is 10.6 Å². The minimum Gasteiger partial charge on any atom is -0.385 e. The largest absolute Gasteiger partial charge is 0.385 e. The summed E-state index contributed by atoms with van der Waals surface area (Å²) < 4.78 is 10.7. The highest BCUT2D eigenvalue weighted by Crippen LogP contribution is 2.22. The van der Waals surface area contributed by atoms with Crippen LogP contribution in [0.25, 0.3) is 0 Å². The van der Waals surface area contributed by atoms with Crippen molar-refractivity contribution in [3.05, 3.63) is 35.4 Å². The predicted molar refractivity (Wildman–Crippen MR) is 140 cm³/mol. The van der Waals surface area contributed by atoms with Crippen molar-refractivity contribution in [2.24, 2.45) is 4.99 Å². The Balaban J connectivity index is 0.00000480. The van der Waals surface area contributed by atoms with E-state index in [1.165, 1.54) is 11.1 Å². The maximum Gasteiger partial charge on any atom is 0.191 e. The van der Waals surface area contributed by atoms with Gasteiger partial charge in [0.25, 0.3) is 0 Å². The van der Waals surface area contributed by atoms with Gasteiger partial charge < -0.3 is 25.0 Å². The molecule has 0 spiro atoms. The van der Waals surface area contributed by atoms with Crippen molar-refractivity contribution in [2.45, 2.75) is 26.3 Å². The molecule has 1 saturated heterocycles. The third-order valence-electron chi connectivity index (χ3n) is 5.39. The monoisotopic (exact) mass is 547 g/mol. The molecule has 8 heteroatoms. The van der Waals surface area contributed by atoms with E-state index >= 15 is 0 Å². The molecule has 7 nitrogen and oxygen atoms in total. The summed E-state index contributed by atoms with van der Waals surface area (Å²) in [6, 6.07) is 9.12. The highest BCUT2D eigenvalue weighted by atomic mass is 127. The molecule has 0 radical (unpaired) electrons. The molecule has 0 aliphatic carbocycles. The van der Waals surface area contributed by atoms with E-state index in [1.54, 1.807) is 7.11 Å². The highest BCUT2D eigenvalue weighted by Gasteiger charge is 2.22. The molecule has 1 heterocycles. The van der Waals surface area contributed by atoms with Crippen molar-refractivity contribution in [1.82, 2.24) is 20.4 Å². The lowest BCUT2D eigenvalue weighted by atomic mass is 10.0. The number of hydrogen-bond acceptors (Lipinski definition) is 5. The first-order valence-electron chi connectivity index (χ1n) is 11.2. The van der Waals surface area contributed by atoms with Crippen LogP contribution in [-0.4, -0.2) is 95.6 Å². The van der Waals surface area contributed by atoms with Crippen molar-refractivity contribution in [3.8, 4) is 0 Å². The predicted octanol–water partition coefficient (Wildman–Crippen LogP) is 2.51. The second-order valence-electron chi connectivity index (χ2n) is 7.87. The first kappa shape index (κ1) is 28.1. The van der Waals surface area contributed by atoms with Gasteiger partial charge in [0, 0.05) is 53.0 Å². The van der Waals surface area contributed by atoms with E-state index in [-0.39, 0.29) is 30.0 Å². The number of ether oxygens (including phenoxy) is 2. The number of nitrogens with one attached hydrogen (secondary N) is 2. The summed E-state index contributed by atoms with van der Waals surface area (Å²) in [7, 11) is 3.90. The van der Waals surface area contributed by atoms with Crippen molar-refractivity contribution in [1.29, 1.82) is 0 Å². The van der Waals surface area contributed by atoms with Crippen LogP contribution >= 0.6 is 24.0 Å². The molecule has 1 aliphatic heterocycles. The third kappa shape index (κ3) is 11.0. The number of likely N-dealkylation sites (N-methyl/N-ethyl adjacent to an activating group) is 1. The minimum atomic E-state index is 0. The van der Waals surface area contributed by atoms with Crippen LogP contribution in [0.15, 0.2) is 29.3 Å². The van der Waals surface area contributed by atoms with Crippen molar-refractivity contribution < 1.29 is 9.47 Å². The SMILES string of the molecule is CCNC(=NCC(c1ccc(C)cc1)N1CCOCC1)NCCN(C)CCCOC.I. The summed E-state index contributed by atoms with van der Waals surface area (Å²) in [6.07, 6.45) is 1.05. The molecular formula is C23H42IN5O2. The molecule has 2 rings (SSSR count). The van der Waals surface area contributed by atoms with Gasteiger partial charge in [-0.05, 0) is 32.9 Å². The first-order valence-corrected chi connectivity index (χ1v) is 11.2. The van der Waals surface area contributed by atoms with Gasteiger partial charge in [0.2, 0.25) is 0 Å². The highest BCUT2D eigenvalue weighted by molar-refractivity contribution is 14.0. The molecule has 31 heavy (non-hydrogen) atoms. The number of hydrogen-bond donors (Lipinski definition) is 2. The number of aliphatic imine (C=N–C) groups is 1. The van der Waals surface area contributed by atoms with E-state index < -0.39 is 0 Å². The second kappa shape index (κ2) is 16.7. The fraction of sp³-hybridized carbons (Fsp3) is 0.696. The van der Waals surface area contributed by atoms with Crippen LogP contribution in [0.5, 0.6) is 0 Å². The Morgan fingerprint density at radius 2 is 1.90 bits per heavy atom. The Labute approximate surface area is 206 Å². The number of aryl methyl sites for hydroxylation is 1. The molecule has 1 aliphatic rings. The summed E-state index contributed by atoms with van der Waals surface area (Å²) >= 11 is 0. The van der Waals surface area contributed by atoms with E-state index in [0.717, 1.165) is 78.0 Å². The second-order valence-corrected chi connectivity index (χ2v) is 7.87. The summed E-state index contributed by atoms with van der Waals surface area (Å²) in [5.41, 5.74) is 2.60. The Hall–Kier alpha value is -0.940. The average molecular weight is 548 g/mol. The van der Waals surface area contributed by atoms with Gasteiger partial charge in [-0.1, -0.05) is 29.8 Å². The minimum absolute atomic E-state index is 0. The fourth-order valence-corrected chi connectivity index (χ4v) is 3.58. The van der Waals surface area contributed by atoms with Crippen LogP contribution in [0.2, 0.25) is 0 Å². The standard InChI is InChI=1S/C23H41N5O2.HI/c1-5-24-23(25-11-13-27(3)12-6-16-29-4)26-19-22(28-14-17-30-18-15-28)21-9-7-20(2)8-10-21;/h7-10,22H,5-6,11-19H2,1-4H3,(H2,24,25,26);1H. The lowest BCUT2D eigenvalue weighted by molar-refractivity contribution is 0.0179. The Morgan fingerprint density at radius 3 is 2.55 bits per heavy atom. The zero-order chi connectivity index (χ0) is 21.6. The van der Waals surface area contributed by atoms with Crippen LogP contribution in [0, 0.1) is 6.92 Å². The number of halogens is 1. The van der Waals surface area contributed by atoms with Gasteiger partial charge in [-0.15, -0.1) is 24.0 Å². The molecule has 0 amide bonds. The van der Waals surface area contributed by atoms with E-state index in [0.29, 0.717) is 0 Å². The van der Waals surface area contributed by atoms with Gasteiger partial charge in [-0.3, -0.25) is 9.89 Å². The number of morpholine rings is 1. The quantitative estimate of drug-likeness (QED) is 0.182. The molecule has 0 bridgehead atoms. The molecule has 0 saturated carbocycles. The normalized spacial score (nSPS) is 16.1. The van der Waals surface area contributed by atoms with Crippen LogP contribution in [0.1, 0.15) is 30.5 Å². The van der Waals surface area contributed by atoms with Gasteiger partial charge in [0.05, 0.1) is 25.8 Å². The van der Waals surface area contributed by atoms with Crippen LogP contribution in [-0.2, 0) is 9.47 Å². The zero-order valence-electron chi connectivity index (χ0n) is 19.7. The summed E-state index contributed by atoms with van der Waals surface area (Å²) in [5, 5.41) is 6.87. The molecule has 178 valence electrons. The topological polar surface area (TPSA) is 61.4 Å². The summed E-state index contributed by atoms with van der Waals surface area (Å²) in [5.74, 6) is 0.883. The molecule has 1 atom stereocenters. The fourth-order valence-electron chi connectivity index (χ4n) is 3.58. The van der Waals surface area contributed by atoms with E-state index in [1.807, 2.05) is 0 Å². The van der Waals surface area contributed by atoms with E-state index in [9.17, 15) is 0 Å². The van der Waals surface area contributed by atoms with Gasteiger partial charge in [0.1, 0.15) is 0 Å². The number of rotatable bonds is 12. The van der Waals surface area contributed by atoms with Crippen molar-refractivity contribution in [2.75, 3.05) is 79.8 Å².